The molecule has 0 bridgehead atoms. The summed E-state index contributed by atoms with van der Waals surface area (Å²) in [6.07, 6.45) is 3.20. The van der Waals surface area contributed by atoms with Gasteiger partial charge in [0.05, 0.1) is 15.6 Å². The summed E-state index contributed by atoms with van der Waals surface area (Å²) >= 11 is 0. The Kier molecular flexibility index (Phi) is 7.28. The van der Waals surface area contributed by atoms with Crippen molar-refractivity contribution in [1.82, 2.24) is 15.1 Å². The van der Waals surface area contributed by atoms with Gasteiger partial charge in [-0.15, -0.1) is 0 Å². The minimum absolute atomic E-state index is 0.0793. The monoisotopic (exact) mass is 459 g/mol. The maximum absolute atomic E-state index is 15.1. The molecule has 0 saturated carbocycles. The van der Waals surface area contributed by atoms with Crippen LogP contribution in [0.4, 0.5) is 4.39 Å². The number of rotatable bonds is 12. The number of furan rings is 1. The smallest absolute Gasteiger partial charge is 0.303 e. The van der Waals surface area contributed by atoms with Gasteiger partial charge in [-0.3, -0.25) is 14.7 Å². The van der Waals surface area contributed by atoms with Crippen LogP contribution in [0.5, 0.6) is 5.75 Å². The molecule has 8 nitrogen and oxygen atoms in total. The fourth-order valence-corrected chi connectivity index (χ4v) is 3.13. The Hall–Kier alpha value is -3.62. The molecule has 2 aromatic heterocycles. The molecule has 9 heteroatoms. The molecule has 3 aromatic rings. The number of H-pyrrole nitrogens is 1. The molecule has 3 rings (SSSR count). The second-order valence-corrected chi connectivity index (χ2v) is 7.67. The number of carboxylic acids is 1. The van der Waals surface area contributed by atoms with Crippen LogP contribution in [0.1, 0.15) is 58.3 Å². The van der Waals surface area contributed by atoms with Crippen molar-refractivity contribution in [3.63, 3.8) is 0 Å². The highest BCUT2D eigenvalue weighted by Gasteiger charge is 2.28. The number of benzene rings is 1. The van der Waals surface area contributed by atoms with E-state index < -0.39 is 35.9 Å². The van der Waals surface area contributed by atoms with E-state index in [1.165, 1.54) is 18.4 Å². The number of hydrogen-bond donors (Lipinski definition) is 2. The van der Waals surface area contributed by atoms with Crippen LogP contribution in [0.25, 0.3) is 11.5 Å². The zero-order chi connectivity index (χ0) is 25.6. The lowest BCUT2D eigenvalue weighted by Gasteiger charge is -2.27. The summed E-state index contributed by atoms with van der Waals surface area (Å²) in [6, 6.07) is 8.85. The number of aromatic amines is 1. The summed E-state index contributed by atoms with van der Waals surface area (Å²) in [7, 11) is 0. The van der Waals surface area contributed by atoms with Gasteiger partial charge in [0.15, 0.2) is 17.3 Å². The van der Waals surface area contributed by atoms with Crippen LogP contribution in [0.2, 0.25) is 0 Å². The molecule has 0 unspecified atom stereocenters. The molecular formula is C24H28FN3O5. The van der Waals surface area contributed by atoms with E-state index >= 15 is 4.39 Å². The number of para-hydroxylation sites is 1. The number of carboxylic acid groups (broad SMARTS) is 1. The number of nitrogens with zero attached hydrogens (tertiary/aromatic N) is 2. The second-order valence-electron chi connectivity index (χ2n) is 7.67. The second kappa shape index (κ2) is 11.3. The highest BCUT2D eigenvalue weighted by atomic mass is 19.1. The van der Waals surface area contributed by atoms with Crippen LogP contribution >= 0.6 is 0 Å². The van der Waals surface area contributed by atoms with Crippen LogP contribution < -0.4 is 4.74 Å². The highest BCUT2D eigenvalue weighted by Crippen LogP contribution is 2.26. The maximum Gasteiger partial charge on any atom is 0.303 e. The van der Waals surface area contributed by atoms with Crippen LogP contribution in [0, 0.1) is 5.82 Å². The first kappa shape index (κ1) is 21.2. The first-order valence-electron chi connectivity index (χ1n) is 11.7. The van der Waals surface area contributed by atoms with Crippen molar-refractivity contribution in [2.24, 2.45) is 0 Å². The van der Waals surface area contributed by atoms with Gasteiger partial charge in [0.1, 0.15) is 11.4 Å². The van der Waals surface area contributed by atoms with Crippen molar-refractivity contribution < 1.29 is 31.0 Å². The van der Waals surface area contributed by atoms with Gasteiger partial charge in [0.2, 0.25) is 0 Å². The third-order valence-corrected chi connectivity index (χ3v) is 4.83. The van der Waals surface area contributed by atoms with E-state index in [4.69, 9.17) is 17.0 Å². The van der Waals surface area contributed by atoms with E-state index in [-0.39, 0.29) is 35.8 Å². The number of carbonyl (C=O) groups is 2. The number of hydrogen-bond acceptors (Lipinski definition) is 5. The fourth-order valence-electron chi connectivity index (χ4n) is 3.13. The van der Waals surface area contributed by atoms with E-state index in [9.17, 15) is 9.59 Å². The SMILES string of the molecule is [2H]C([2H])(c1ccccc1OCCCCCC(=O)O)N(C(=O)c1n[nH]c(-c2ccco2)c1F)C(C)C. The van der Waals surface area contributed by atoms with Crippen LogP contribution in [0.3, 0.4) is 0 Å². The van der Waals surface area contributed by atoms with Gasteiger partial charge < -0.3 is 19.2 Å². The van der Waals surface area contributed by atoms with Gasteiger partial charge in [-0.1, -0.05) is 18.2 Å². The summed E-state index contributed by atoms with van der Waals surface area (Å²) in [5.74, 6) is -2.31. The third-order valence-electron chi connectivity index (χ3n) is 4.83. The van der Waals surface area contributed by atoms with Crippen LogP contribution in [0.15, 0.2) is 47.1 Å². The van der Waals surface area contributed by atoms with Crippen molar-refractivity contribution in [1.29, 1.82) is 0 Å². The van der Waals surface area contributed by atoms with E-state index in [1.54, 1.807) is 38.1 Å². The van der Waals surface area contributed by atoms with E-state index in [0.717, 1.165) is 4.90 Å². The average molecular weight is 460 g/mol. The summed E-state index contributed by atoms with van der Waals surface area (Å²) < 4.78 is 43.7. The minimum Gasteiger partial charge on any atom is -0.493 e. The number of ether oxygens (including phenoxy) is 1. The van der Waals surface area contributed by atoms with E-state index in [0.29, 0.717) is 19.3 Å². The molecule has 1 aromatic carbocycles. The molecule has 0 aliphatic rings. The maximum atomic E-state index is 15.1. The Morgan fingerprint density at radius 1 is 1.24 bits per heavy atom. The van der Waals surface area contributed by atoms with Crippen molar-refractivity contribution in [3.05, 3.63) is 59.7 Å². The molecule has 0 saturated heterocycles. The molecule has 2 heterocycles. The predicted molar refractivity (Wildman–Crippen MR) is 119 cm³/mol. The molecule has 33 heavy (non-hydrogen) atoms. The molecule has 0 aliphatic heterocycles. The third kappa shape index (κ3) is 6.21. The molecule has 0 atom stereocenters. The molecule has 1 amide bonds. The van der Waals surface area contributed by atoms with Crippen molar-refractivity contribution >= 4 is 11.9 Å². The summed E-state index contributed by atoms with van der Waals surface area (Å²) in [5.41, 5.74) is -0.546. The number of aliphatic carboxylic acids is 1. The Labute approximate surface area is 194 Å². The fraction of sp³-hybridized carbons (Fsp3) is 0.375. The van der Waals surface area contributed by atoms with Crippen molar-refractivity contribution in [2.45, 2.75) is 52.1 Å². The molecule has 176 valence electrons. The Bertz CT molecular complexity index is 1150. The largest absolute Gasteiger partial charge is 0.493 e. The zero-order valence-electron chi connectivity index (χ0n) is 20.5. The quantitative estimate of drug-likeness (QED) is 0.374. The predicted octanol–water partition coefficient (Wildman–Crippen LogP) is 4.88. The molecule has 0 radical (unpaired) electrons. The van der Waals surface area contributed by atoms with Gasteiger partial charge in [-0.2, -0.15) is 5.10 Å². The van der Waals surface area contributed by atoms with Crippen LogP contribution in [-0.2, 0) is 11.3 Å². The lowest BCUT2D eigenvalue weighted by atomic mass is 10.1. The van der Waals surface area contributed by atoms with Gasteiger partial charge >= 0.3 is 5.97 Å². The normalized spacial score (nSPS) is 12.4. The molecule has 0 aliphatic carbocycles. The van der Waals surface area contributed by atoms with Gasteiger partial charge in [0, 0.05) is 24.5 Å². The summed E-state index contributed by atoms with van der Waals surface area (Å²) in [5, 5.41) is 15.0. The standard InChI is InChI=1S/C24H28FN3O5/c1-16(2)28(24(31)23-21(25)22(26-27-23)19-11-8-14-33-19)15-17-9-5-6-10-18(17)32-13-7-3-4-12-20(29)30/h5-6,8-11,14,16H,3-4,7,12-13,15H2,1-2H3,(H,26,27)(H,29,30)/i15D2. The number of aromatic nitrogens is 2. The Morgan fingerprint density at radius 3 is 2.73 bits per heavy atom. The van der Waals surface area contributed by atoms with Gasteiger partial charge in [0.25, 0.3) is 5.91 Å². The van der Waals surface area contributed by atoms with E-state index in [2.05, 4.69) is 10.2 Å². The first-order valence-corrected chi connectivity index (χ1v) is 10.7. The number of halogens is 1. The van der Waals surface area contributed by atoms with Crippen molar-refractivity contribution in [2.75, 3.05) is 6.61 Å². The Morgan fingerprint density at radius 2 is 2.03 bits per heavy atom. The number of nitrogens with one attached hydrogen (secondary N) is 1. The number of carbonyl (C=O) groups excluding carboxylic acids is 1. The number of amides is 1. The Balaban J connectivity index is 1.83. The lowest BCUT2D eigenvalue weighted by molar-refractivity contribution is -0.137. The molecule has 0 spiro atoms. The van der Waals surface area contributed by atoms with E-state index in [1.807, 2.05) is 0 Å². The lowest BCUT2D eigenvalue weighted by Crippen LogP contribution is -2.37. The minimum atomic E-state index is -2.36. The van der Waals surface area contributed by atoms with Gasteiger partial charge in [-0.25, -0.2) is 4.39 Å². The van der Waals surface area contributed by atoms with Crippen molar-refractivity contribution in [3.8, 4) is 17.2 Å². The van der Waals surface area contributed by atoms with Gasteiger partial charge in [-0.05, 0) is 51.3 Å². The first-order chi connectivity index (χ1) is 16.6. The molecular weight excluding hydrogens is 429 g/mol. The van der Waals surface area contributed by atoms with Crippen LogP contribution in [-0.4, -0.2) is 44.7 Å². The highest BCUT2D eigenvalue weighted by molar-refractivity contribution is 5.93. The zero-order valence-corrected chi connectivity index (χ0v) is 18.5. The molecule has 0 fully saturated rings. The number of unbranched alkanes of at least 4 members (excludes halogenated alkanes) is 2. The molecule has 2 N–H and O–H groups in total. The average Bonchev–Trinajstić information content (AvgIpc) is 3.45. The topological polar surface area (TPSA) is 109 Å². The summed E-state index contributed by atoms with van der Waals surface area (Å²) in [4.78, 5) is 24.9. The summed E-state index contributed by atoms with van der Waals surface area (Å²) in [6.45, 7) is 1.14.